The number of halogens is 1. The topological polar surface area (TPSA) is 28.7 Å². The van der Waals surface area contributed by atoms with E-state index in [1.165, 1.54) is 37.7 Å². The van der Waals surface area contributed by atoms with Crippen molar-refractivity contribution in [2.45, 2.75) is 38.0 Å². The van der Waals surface area contributed by atoms with Crippen molar-refractivity contribution >= 4 is 22.6 Å². The predicted octanol–water partition coefficient (Wildman–Crippen LogP) is 5.93. The van der Waals surface area contributed by atoms with Gasteiger partial charge in [0, 0.05) is 10.9 Å². The molecular weight excluding hydrogens is 304 g/mol. The summed E-state index contributed by atoms with van der Waals surface area (Å²) < 4.78 is 0. The molecule has 2 aromatic carbocycles. The molecule has 118 valence electrons. The lowest BCUT2D eigenvalue weighted by Gasteiger charge is -2.29. The Morgan fingerprint density at radius 2 is 1.78 bits per heavy atom. The second kappa shape index (κ2) is 6.37. The van der Waals surface area contributed by atoms with E-state index in [0.29, 0.717) is 11.8 Å². The van der Waals surface area contributed by atoms with Crippen LogP contribution < -0.4 is 0 Å². The molecule has 1 N–H and O–H groups in total. The maximum absolute atomic E-state index is 6.13. The average Bonchev–Trinajstić information content (AvgIpc) is 2.99. The summed E-state index contributed by atoms with van der Waals surface area (Å²) in [4.78, 5) is 8.43. The molecule has 1 aliphatic carbocycles. The summed E-state index contributed by atoms with van der Waals surface area (Å²) in [7, 11) is 0. The zero-order valence-electron chi connectivity index (χ0n) is 13.1. The summed E-state index contributed by atoms with van der Waals surface area (Å²) in [6, 6.07) is 16.7. The Morgan fingerprint density at radius 3 is 2.57 bits per heavy atom. The van der Waals surface area contributed by atoms with E-state index in [2.05, 4.69) is 35.3 Å². The van der Waals surface area contributed by atoms with Gasteiger partial charge in [-0.1, -0.05) is 61.2 Å². The largest absolute Gasteiger partial charge is 0.341 e. The molecule has 0 saturated heterocycles. The Labute approximate surface area is 141 Å². The van der Waals surface area contributed by atoms with Crippen LogP contribution in [0.2, 0.25) is 5.02 Å². The molecule has 2 nitrogen and oxygen atoms in total. The molecule has 1 unspecified atom stereocenters. The van der Waals surface area contributed by atoms with Crippen molar-refractivity contribution in [1.29, 1.82) is 0 Å². The molecule has 1 aromatic heterocycles. The van der Waals surface area contributed by atoms with Gasteiger partial charge in [0.2, 0.25) is 0 Å². The fourth-order valence-corrected chi connectivity index (χ4v) is 4.10. The van der Waals surface area contributed by atoms with Gasteiger partial charge in [0.25, 0.3) is 0 Å². The second-order valence-electron chi connectivity index (χ2n) is 6.57. The highest BCUT2D eigenvalue weighted by molar-refractivity contribution is 6.31. The molecule has 0 aliphatic heterocycles. The molecule has 0 radical (unpaired) electrons. The van der Waals surface area contributed by atoms with Crippen LogP contribution in [0.4, 0.5) is 0 Å². The Kier molecular flexibility index (Phi) is 4.09. The number of benzene rings is 2. The van der Waals surface area contributed by atoms with Crippen LogP contribution in [0.1, 0.15) is 49.4 Å². The molecule has 1 heterocycles. The van der Waals surface area contributed by atoms with E-state index >= 15 is 0 Å². The zero-order chi connectivity index (χ0) is 15.6. The number of aromatic nitrogens is 2. The first-order chi connectivity index (χ1) is 11.3. The van der Waals surface area contributed by atoms with Crippen LogP contribution in [0.15, 0.2) is 48.5 Å². The highest BCUT2D eigenvalue weighted by Crippen LogP contribution is 2.39. The van der Waals surface area contributed by atoms with Crippen molar-refractivity contribution in [3.63, 3.8) is 0 Å². The lowest BCUT2D eigenvalue weighted by molar-refractivity contribution is 0.322. The third-order valence-corrected chi connectivity index (χ3v) is 5.27. The van der Waals surface area contributed by atoms with Gasteiger partial charge in [-0.3, -0.25) is 0 Å². The predicted molar refractivity (Wildman–Crippen MR) is 96.0 cm³/mol. The number of fused-ring (bicyclic) bond motifs is 1. The number of nitrogens with zero attached hydrogens (tertiary/aromatic N) is 1. The fourth-order valence-electron chi connectivity index (χ4n) is 3.93. The number of nitrogens with one attached hydrogen (secondary N) is 1. The maximum atomic E-state index is 6.13. The summed E-state index contributed by atoms with van der Waals surface area (Å²) in [6.45, 7) is 0. The van der Waals surface area contributed by atoms with E-state index in [0.717, 1.165) is 21.9 Å². The van der Waals surface area contributed by atoms with E-state index in [9.17, 15) is 0 Å². The molecule has 1 fully saturated rings. The Hall–Kier alpha value is -1.80. The number of hydrogen-bond acceptors (Lipinski definition) is 1. The lowest BCUT2D eigenvalue weighted by atomic mass is 9.76. The third-order valence-electron chi connectivity index (χ3n) is 5.04. The quantitative estimate of drug-likeness (QED) is 0.635. The summed E-state index contributed by atoms with van der Waals surface area (Å²) in [5, 5.41) is 0.752. The van der Waals surface area contributed by atoms with Gasteiger partial charge in [0.05, 0.1) is 11.0 Å². The minimum atomic E-state index is 0.350. The Balaban J connectivity index is 1.79. The van der Waals surface area contributed by atoms with Gasteiger partial charge in [0.1, 0.15) is 5.82 Å². The molecule has 3 heteroatoms. The molecule has 1 aliphatic rings. The van der Waals surface area contributed by atoms with Gasteiger partial charge in [-0.25, -0.2) is 4.98 Å². The van der Waals surface area contributed by atoms with Crippen molar-refractivity contribution in [3.8, 4) is 0 Å². The maximum Gasteiger partial charge on any atom is 0.115 e. The van der Waals surface area contributed by atoms with Crippen LogP contribution in [0, 0.1) is 5.92 Å². The zero-order valence-corrected chi connectivity index (χ0v) is 13.9. The van der Waals surface area contributed by atoms with E-state index in [1.54, 1.807) is 0 Å². The molecule has 23 heavy (non-hydrogen) atoms. The number of rotatable bonds is 3. The van der Waals surface area contributed by atoms with E-state index in [-0.39, 0.29) is 0 Å². The minimum Gasteiger partial charge on any atom is -0.341 e. The van der Waals surface area contributed by atoms with E-state index < -0.39 is 0 Å². The summed E-state index contributed by atoms with van der Waals surface area (Å²) in [5.41, 5.74) is 3.40. The number of imidazole rings is 1. The standard InChI is InChI=1S/C20H21ClN2/c21-16-11-12-17-18(13-16)23-20(22-17)19(14-7-3-1-4-8-14)15-9-5-2-6-10-15/h1,3-4,7-8,11-13,15,19H,2,5-6,9-10H2,(H,22,23). The van der Waals surface area contributed by atoms with Crippen molar-refractivity contribution in [1.82, 2.24) is 9.97 Å². The molecule has 4 rings (SSSR count). The van der Waals surface area contributed by atoms with Crippen molar-refractivity contribution in [2.24, 2.45) is 5.92 Å². The lowest BCUT2D eigenvalue weighted by Crippen LogP contribution is -2.18. The van der Waals surface area contributed by atoms with Crippen molar-refractivity contribution in [2.75, 3.05) is 0 Å². The van der Waals surface area contributed by atoms with Gasteiger partial charge in [-0.2, -0.15) is 0 Å². The SMILES string of the molecule is Clc1ccc2nc(C(c3ccccc3)C3CCCCC3)[nH]c2c1. The van der Waals surface area contributed by atoms with Crippen LogP contribution in [-0.4, -0.2) is 9.97 Å². The molecule has 1 atom stereocenters. The van der Waals surface area contributed by atoms with Crippen molar-refractivity contribution < 1.29 is 0 Å². The molecule has 0 amide bonds. The van der Waals surface area contributed by atoms with Gasteiger partial charge < -0.3 is 4.98 Å². The van der Waals surface area contributed by atoms with Gasteiger partial charge >= 0.3 is 0 Å². The summed E-state index contributed by atoms with van der Waals surface area (Å²) in [5.74, 6) is 2.10. The van der Waals surface area contributed by atoms with Gasteiger partial charge in [-0.05, 0) is 42.5 Å². The third kappa shape index (κ3) is 3.00. The summed E-state index contributed by atoms with van der Waals surface area (Å²) >= 11 is 6.13. The molecular formula is C20H21ClN2. The second-order valence-corrected chi connectivity index (χ2v) is 7.01. The van der Waals surface area contributed by atoms with Crippen molar-refractivity contribution in [3.05, 3.63) is 64.9 Å². The highest BCUT2D eigenvalue weighted by Gasteiger charge is 2.28. The Morgan fingerprint density at radius 1 is 1.00 bits per heavy atom. The summed E-state index contributed by atoms with van der Waals surface area (Å²) in [6.07, 6.45) is 6.61. The molecule has 0 bridgehead atoms. The molecule has 3 aromatic rings. The number of hydrogen-bond donors (Lipinski definition) is 1. The van der Waals surface area contributed by atoms with Crippen LogP contribution in [0.5, 0.6) is 0 Å². The average molecular weight is 325 g/mol. The highest BCUT2D eigenvalue weighted by atomic mass is 35.5. The first-order valence-electron chi connectivity index (χ1n) is 8.51. The number of H-pyrrole nitrogens is 1. The van der Waals surface area contributed by atoms with Gasteiger partial charge in [0.15, 0.2) is 0 Å². The fraction of sp³-hybridized carbons (Fsp3) is 0.350. The monoisotopic (exact) mass is 324 g/mol. The molecule has 1 saturated carbocycles. The van der Waals surface area contributed by atoms with E-state index in [4.69, 9.17) is 16.6 Å². The Bertz CT molecular complexity index is 788. The van der Waals surface area contributed by atoms with Crippen LogP contribution in [0.3, 0.4) is 0 Å². The van der Waals surface area contributed by atoms with Crippen LogP contribution >= 0.6 is 11.6 Å². The first-order valence-corrected chi connectivity index (χ1v) is 8.89. The first kappa shape index (κ1) is 14.8. The molecule has 0 spiro atoms. The smallest absolute Gasteiger partial charge is 0.115 e. The van der Waals surface area contributed by atoms with Crippen LogP contribution in [-0.2, 0) is 0 Å². The van der Waals surface area contributed by atoms with Crippen LogP contribution in [0.25, 0.3) is 11.0 Å². The number of aromatic amines is 1. The van der Waals surface area contributed by atoms with Gasteiger partial charge in [-0.15, -0.1) is 0 Å². The normalized spacial score (nSPS) is 17.4. The van der Waals surface area contributed by atoms with E-state index in [1.807, 2.05) is 18.2 Å². The minimum absolute atomic E-state index is 0.350.